The van der Waals surface area contributed by atoms with Gasteiger partial charge >= 0.3 is 0 Å². The van der Waals surface area contributed by atoms with Crippen LogP contribution in [0.2, 0.25) is 5.02 Å². The summed E-state index contributed by atoms with van der Waals surface area (Å²) in [5.74, 6) is -0.650. The minimum absolute atomic E-state index is 0.0798. The first-order valence-electron chi connectivity index (χ1n) is 9.93. The maximum atomic E-state index is 13.6. The summed E-state index contributed by atoms with van der Waals surface area (Å²) in [4.78, 5) is 27.1. The first-order chi connectivity index (χ1) is 15.0. The Morgan fingerprint density at radius 3 is 2.39 bits per heavy atom. The lowest BCUT2D eigenvalue weighted by Crippen LogP contribution is -2.36. The third-order valence-electron chi connectivity index (χ3n) is 5.37. The lowest BCUT2D eigenvalue weighted by Gasteiger charge is -2.30. The highest BCUT2D eigenvalue weighted by molar-refractivity contribution is 6.30. The van der Waals surface area contributed by atoms with Crippen molar-refractivity contribution in [1.82, 2.24) is 10.4 Å². The van der Waals surface area contributed by atoms with E-state index in [1.807, 2.05) is 54.6 Å². The number of rotatable bonds is 4. The van der Waals surface area contributed by atoms with Crippen LogP contribution in [0.4, 0.5) is 0 Å². The minimum atomic E-state index is -0.571. The third-order valence-corrected chi connectivity index (χ3v) is 5.62. The Balaban J connectivity index is 1.66. The molecule has 156 valence electrons. The number of carbonyl (C=O) groups is 2. The normalized spacial score (nSPS) is 13.5. The number of hydroxylamine groups is 1. The largest absolute Gasteiger partial charge is 0.334 e. The van der Waals surface area contributed by atoms with Crippen LogP contribution in [0.25, 0.3) is 11.6 Å². The van der Waals surface area contributed by atoms with E-state index in [1.54, 1.807) is 34.6 Å². The molecular formula is C25H21ClN2O3. The molecule has 0 aliphatic carbocycles. The van der Waals surface area contributed by atoms with Crippen molar-refractivity contribution in [3.05, 3.63) is 106 Å². The number of amides is 2. The predicted molar refractivity (Wildman–Crippen MR) is 121 cm³/mol. The molecule has 0 atom stereocenters. The summed E-state index contributed by atoms with van der Waals surface area (Å²) >= 11 is 6.00. The van der Waals surface area contributed by atoms with E-state index in [0.717, 1.165) is 22.3 Å². The van der Waals surface area contributed by atoms with Crippen LogP contribution < -0.4 is 5.48 Å². The standard InChI is InChI=1S/C25H21ClN2O3/c26-22-10-6-17(7-11-22)14-23(19-4-2-1-3-5-19)25(30)28-13-12-18-8-9-20(24(29)27-31)15-21(18)16-28/h1-11,14-15,31H,12-13,16H2,(H,27,29). The molecule has 0 unspecified atom stereocenters. The van der Waals surface area contributed by atoms with Crippen LogP contribution in [-0.4, -0.2) is 28.5 Å². The summed E-state index contributed by atoms with van der Waals surface area (Å²) in [7, 11) is 0. The zero-order chi connectivity index (χ0) is 21.8. The van der Waals surface area contributed by atoms with Gasteiger partial charge in [-0.3, -0.25) is 14.8 Å². The van der Waals surface area contributed by atoms with Gasteiger partial charge in [0.05, 0.1) is 0 Å². The van der Waals surface area contributed by atoms with Gasteiger partial charge in [0.1, 0.15) is 0 Å². The fourth-order valence-electron chi connectivity index (χ4n) is 3.72. The van der Waals surface area contributed by atoms with Gasteiger partial charge in [0, 0.05) is 29.2 Å². The number of nitrogens with one attached hydrogen (secondary N) is 1. The predicted octanol–water partition coefficient (Wildman–Crippen LogP) is 4.58. The summed E-state index contributed by atoms with van der Waals surface area (Å²) in [6.07, 6.45) is 2.57. The van der Waals surface area contributed by atoms with Crippen LogP contribution in [0.5, 0.6) is 0 Å². The maximum Gasteiger partial charge on any atom is 0.274 e. The zero-order valence-corrected chi connectivity index (χ0v) is 17.5. The van der Waals surface area contributed by atoms with Gasteiger partial charge in [0.2, 0.25) is 0 Å². The molecule has 3 aromatic rings. The number of hydrogen-bond donors (Lipinski definition) is 2. The minimum Gasteiger partial charge on any atom is -0.334 e. The Labute approximate surface area is 185 Å². The van der Waals surface area contributed by atoms with Crippen LogP contribution in [-0.2, 0) is 17.8 Å². The van der Waals surface area contributed by atoms with Gasteiger partial charge in [-0.25, -0.2) is 5.48 Å². The second-order valence-electron chi connectivity index (χ2n) is 7.38. The van der Waals surface area contributed by atoms with Crippen molar-refractivity contribution < 1.29 is 14.8 Å². The van der Waals surface area contributed by atoms with Gasteiger partial charge in [-0.1, -0.05) is 60.1 Å². The molecular weight excluding hydrogens is 412 g/mol. The molecule has 1 aliphatic rings. The number of carbonyl (C=O) groups excluding carboxylic acids is 2. The number of nitrogens with zero attached hydrogens (tertiary/aromatic N) is 1. The summed E-state index contributed by atoms with van der Waals surface area (Å²) in [5.41, 5.74) is 6.33. The molecule has 0 aromatic heterocycles. The highest BCUT2D eigenvalue weighted by atomic mass is 35.5. The molecule has 2 N–H and O–H groups in total. The van der Waals surface area contributed by atoms with Crippen LogP contribution in [0, 0.1) is 0 Å². The van der Waals surface area contributed by atoms with Crippen LogP contribution in [0.1, 0.15) is 32.6 Å². The highest BCUT2D eigenvalue weighted by Gasteiger charge is 2.25. The number of halogens is 1. The molecule has 5 nitrogen and oxygen atoms in total. The Bertz CT molecular complexity index is 1140. The molecule has 1 heterocycles. The molecule has 0 fully saturated rings. The maximum absolute atomic E-state index is 13.6. The summed E-state index contributed by atoms with van der Waals surface area (Å²) in [6.45, 7) is 0.980. The van der Waals surface area contributed by atoms with Crippen molar-refractivity contribution in [1.29, 1.82) is 0 Å². The van der Waals surface area contributed by atoms with E-state index in [0.29, 0.717) is 35.7 Å². The Morgan fingerprint density at radius 2 is 1.68 bits per heavy atom. The SMILES string of the molecule is O=C(NO)c1ccc2c(c1)CN(C(=O)C(=Cc1ccc(Cl)cc1)c1ccccc1)CC2. The van der Waals surface area contributed by atoms with Crippen molar-refractivity contribution in [2.75, 3.05) is 6.54 Å². The van der Waals surface area contributed by atoms with Gasteiger partial charge < -0.3 is 4.90 Å². The number of benzene rings is 3. The molecule has 3 aromatic carbocycles. The Hall–Kier alpha value is -3.41. The fraction of sp³-hybridized carbons (Fsp3) is 0.120. The molecule has 6 heteroatoms. The quantitative estimate of drug-likeness (QED) is 0.274. The molecule has 4 rings (SSSR count). The van der Waals surface area contributed by atoms with Gasteiger partial charge in [-0.2, -0.15) is 0 Å². The Kier molecular flexibility index (Phi) is 6.16. The molecule has 0 spiro atoms. The van der Waals surface area contributed by atoms with E-state index in [2.05, 4.69) is 0 Å². The second-order valence-corrected chi connectivity index (χ2v) is 7.81. The van der Waals surface area contributed by atoms with Gasteiger partial charge in [0.25, 0.3) is 11.8 Å². The first kappa shape index (κ1) is 20.8. The van der Waals surface area contributed by atoms with E-state index in [4.69, 9.17) is 16.8 Å². The van der Waals surface area contributed by atoms with Gasteiger partial charge in [0.15, 0.2) is 0 Å². The molecule has 0 saturated carbocycles. The Morgan fingerprint density at radius 1 is 0.935 bits per heavy atom. The topological polar surface area (TPSA) is 69.6 Å². The zero-order valence-electron chi connectivity index (χ0n) is 16.7. The third kappa shape index (κ3) is 4.68. The van der Waals surface area contributed by atoms with Crippen LogP contribution in [0.15, 0.2) is 72.8 Å². The van der Waals surface area contributed by atoms with Crippen LogP contribution >= 0.6 is 11.6 Å². The van der Waals surface area contributed by atoms with E-state index >= 15 is 0 Å². The number of fused-ring (bicyclic) bond motifs is 1. The van der Waals surface area contributed by atoms with Crippen molar-refractivity contribution in [2.45, 2.75) is 13.0 Å². The number of hydrogen-bond acceptors (Lipinski definition) is 3. The van der Waals surface area contributed by atoms with Crippen molar-refractivity contribution in [3.63, 3.8) is 0 Å². The molecule has 0 radical (unpaired) electrons. The van der Waals surface area contributed by atoms with E-state index < -0.39 is 5.91 Å². The second kappa shape index (κ2) is 9.16. The van der Waals surface area contributed by atoms with Gasteiger partial charge in [-0.15, -0.1) is 0 Å². The highest BCUT2D eigenvalue weighted by Crippen LogP contribution is 2.26. The summed E-state index contributed by atoms with van der Waals surface area (Å²) in [6, 6.07) is 22.2. The van der Waals surface area contributed by atoms with Crippen LogP contribution in [0.3, 0.4) is 0 Å². The first-order valence-corrected chi connectivity index (χ1v) is 10.3. The van der Waals surface area contributed by atoms with E-state index in [-0.39, 0.29) is 5.91 Å². The summed E-state index contributed by atoms with van der Waals surface area (Å²) in [5, 5.41) is 9.55. The molecule has 1 aliphatic heterocycles. The molecule has 0 saturated heterocycles. The molecule has 0 bridgehead atoms. The van der Waals surface area contributed by atoms with Crippen molar-refractivity contribution in [3.8, 4) is 0 Å². The van der Waals surface area contributed by atoms with E-state index in [1.165, 1.54) is 0 Å². The molecule has 31 heavy (non-hydrogen) atoms. The lowest BCUT2D eigenvalue weighted by atomic mass is 9.95. The van der Waals surface area contributed by atoms with Crippen molar-refractivity contribution >= 4 is 35.1 Å². The average Bonchev–Trinajstić information content (AvgIpc) is 2.82. The smallest absolute Gasteiger partial charge is 0.274 e. The fourth-order valence-corrected chi connectivity index (χ4v) is 3.84. The lowest BCUT2D eigenvalue weighted by molar-refractivity contribution is -0.125. The van der Waals surface area contributed by atoms with E-state index in [9.17, 15) is 9.59 Å². The molecule has 2 amide bonds. The summed E-state index contributed by atoms with van der Waals surface area (Å²) < 4.78 is 0. The monoisotopic (exact) mass is 432 g/mol. The van der Waals surface area contributed by atoms with Gasteiger partial charge in [-0.05, 0) is 59.0 Å². The van der Waals surface area contributed by atoms with Crippen molar-refractivity contribution in [2.24, 2.45) is 0 Å². The average molecular weight is 433 g/mol.